The van der Waals surface area contributed by atoms with Gasteiger partial charge in [-0.3, -0.25) is 4.79 Å². The zero-order chi connectivity index (χ0) is 23.4. The zero-order valence-corrected chi connectivity index (χ0v) is 18.8. The van der Waals surface area contributed by atoms with Gasteiger partial charge in [0.05, 0.1) is 30.4 Å². The van der Waals surface area contributed by atoms with Crippen molar-refractivity contribution in [2.75, 3.05) is 19.5 Å². The van der Waals surface area contributed by atoms with Crippen LogP contribution in [0.4, 0.5) is 10.5 Å². The second-order valence-electron chi connectivity index (χ2n) is 7.67. The molecule has 32 heavy (non-hydrogen) atoms. The number of allylic oxidation sites excluding steroid dienone is 1. The molecule has 8 heteroatoms. The lowest BCUT2D eigenvalue weighted by Gasteiger charge is -2.33. The lowest BCUT2D eigenvalue weighted by Crippen LogP contribution is -2.46. The Morgan fingerprint density at radius 3 is 2.53 bits per heavy atom. The van der Waals surface area contributed by atoms with E-state index in [4.69, 9.17) is 9.47 Å². The topological polar surface area (TPSA) is 97.0 Å². The number of amides is 3. The predicted molar refractivity (Wildman–Crippen MR) is 120 cm³/mol. The van der Waals surface area contributed by atoms with Crippen LogP contribution < -0.4 is 15.4 Å². The molecule has 2 N–H and O–H groups in total. The van der Waals surface area contributed by atoms with Gasteiger partial charge in [0.25, 0.3) is 5.91 Å². The van der Waals surface area contributed by atoms with Crippen LogP contribution in [0.1, 0.15) is 42.7 Å². The summed E-state index contributed by atoms with van der Waals surface area (Å²) >= 11 is 0. The number of hydrogen-bond donors (Lipinski definition) is 2. The van der Waals surface area contributed by atoms with Gasteiger partial charge in [-0.25, -0.2) is 9.59 Å². The number of para-hydroxylation sites is 1. The molecule has 3 rings (SSSR count). The molecule has 0 fully saturated rings. The summed E-state index contributed by atoms with van der Waals surface area (Å²) in [6.07, 6.45) is -0.308. The molecule has 1 aliphatic rings. The molecule has 0 aromatic heterocycles. The van der Waals surface area contributed by atoms with Crippen molar-refractivity contribution in [3.63, 3.8) is 0 Å². The molecule has 3 amide bonds. The van der Waals surface area contributed by atoms with Crippen LogP contribution in [0.15, 0.2) is 59.8 Å². The number of esters is 1. The minimum absolute atomic E-state index is 0.308. The van der Waals surface area contributed by atoms with Gasteiger partial charge in [-0.2, -0.15) is 0 Å². The van der Waals surface area contributed by atoms with Crippen molar-refractivity contribution in [2.24, 2.45) is 0 Å². The number of carbonyl (C=O) groups excluding carboxylic acids is 3. The van der Waals surface area contributed by atoms with Crippen molar-refractivity contribution in [3.05, 3.63) is 70.9 Å². The Kier molecular flexibility index (Phi) is 6.82. The summed E-state index contributed by atoms with van der Waals surface area (Å²) in [5.74, 6) is -0.378. The molecular formula is C24H27N3O5. The fraction of sp³-hybridized carbons (Fsp3) is 0.292. The maximum atomic E-state index is 12.8. The Morgan fingerprint density at radius 1 is 1.12 bits per heavy atom. The zero-order valence-electron chi connectivity index (χ0n) is 18.8. The second-order valence-corrected chi connectivity index (χ2v) is 7.67. The van der Waals surface area contributed by atoms with E-state index in [-0.39, 0.29) is 18.0 Å². The average Bonchev–Trinajstić information content (AvgIpc) is 2.76. The molecule has 1 heterocycles. The molecule has 1 atom stereocenters. The van der Waals surface area contributed by atoms with Gasteiger partial charge in [-0.1, -0.05) is 24.3 Å². The van der Waals surface area contributed by atoms with Gasteiger partial charge in [0.15, 0.2) is 0 Å². The highest BCUT2D eigenvalue weighted by molar-refractivity contribution is 6.06. The molecule has 168 valence electrons. The van der Waals surface area contributed by atoms with E-state index < -0.39 is 12.0 Å². The summed E-state index contributed by atoms with van der Waals surface area (Å²) in [6.45, 7) is 5.24. The number of anilines is 1. The Hall–Kier alpha value is -3.81. The average molecular weight is 437 g/mol. The Labute approximate surface area is 187 Å². The molecule has 0 bridgehead atoms. The quantitative estimate of drug-likeness (QED) is 0.669. The van der Waals surface area contributed by atoms with Crippen LogP contribution in [0.3, 0.4) is 0 Å². The van der Waals surface area contributed by atoms with Gasteiger partial charge in [0.2, 0.25) is 0 Å². The van der Waals surface area contributed by atoms with Gasteiger partial charge in [-0.05, 0) is 50.6 Å². The van der Waals surface area contributed by atoms with Crippen LogP contribution >= 0.6 is 0 Å². The van der Waals surface area contributed by atoms with Crippen LogP contribution in [0.2, 0.25) is 0 Å². The highest BCUT2D eigenvalue weighted by Crippen LogP contribution is 2.32. The smallest absolute Gasteiger partial charge is 0.338 e. The number of urea groups is 1. The number of ether oxygens (including phenoxy) is 2. The van der Waals surface area contributed by atoms with Gasteiger partial charge in [-0.15, -0.1) is 0 Å². The van der Waals surface area contributed by atoms with E-state index in [1.54, 1.807) is 76.3 Å². The van der Waals surface area contributed by atoms with Crippen LogP contribution in [0.5, 0.6) is 5.75 Å². The molecule has 0 saturated heterocycles. The highest BCUT2D eigenvalue weighted by Gasteiger charge is 2.35. The van der Waals surface area contributed by atoms with Crippen molar-refractivity contribution in [2.45, 2.75) is 32.9 Å². The fourth-order valence-electron chi connectivity index (χ4n) is 3.45. The third-order valence-electron chi connectivity index (χ3n) is 5.15. The minimum Gasteiger partial charge on any atom is -0.496 e. The lowest BCUT2D eigenvalue weighted by atomic mass is 9.94. The maximum absolute atomic E-state index is 12.8. The summed E-state index contributed by atoms with van der Waals surface area (Å²) in [7, 11) is 3.09. The minimum atomic E-state index is -0.715. The maximum Gasteiger partial charge on any atom is 0.338 e. The highest BCUT2D eigenvalue weighted by atomic mass is 16.5. The molecule has 2 aromatic carbocycles. The van der Waals surface area contributed by atoms with Crippen molar-refractivity contribution < 1.29 is 23.9 Å². The molecule has 0 spiro atoms. The Balaban J connectivity index is 1.93. The molecule has 2 aromatic rings. The normalized spacial score (nSPS) is 16.0. The number of methoxy groups -OCH3 is 1. The molecule has 1 unspecified atom stereocenters. The summed E-state index contributed by atoms with van der Waals surface area (Å²) in [5, 5.41) is 5.69. The summed E-state index contributed by atoms with van der Waals surface area (Å²) < 4.78 is 10.7. The number of carbonyl (C=O) groups is 3. The SMILES string of the molecule is COc1ccccc1C(=O)Nc1cccc(C2NC(=O)N(C)C(C)=C2C(=O)OC(C)C)c1. The fourth-order valence-corrected chi connectivity index (χ4v) is 3.45. The molecule has 0 saturated carbocycles. The first-order valence-corrected chi connectivity index (χ1v) is 10.2. The molecule has 0 radical (unpaired) electrons. The second kappa shape index (κ2) is 9.55. The van der Waals surface area contributed by atoms with Gasteiger partial charge in [0.1, 0.15) is 5.75 Å². The first-order chi connectivity index (χ1) is 15.2. The molecule has 0 aliphatic carbocycles. The van der Waals surface area contributed by atoms with Gasteiger partial charge < -0.3 is 25.0 Å². The van der Waals surface area contributed by atoms with E-state index in [0.717, 1.165) is 0 Å². The van der Waals surface area contributed by atoms with Crippen molar-refractivity contribution >= 4 is 23.6 Å². The third-order valence-corrected chi connectivity index (χ3v) is 5.15. The molecule has 1 aliphatic heterocycles. The van der Waals surface area contributed by atoms with E-state index in [1.807, 2.05) is 0 Å². The van der Waals surface area contributed by atoms with Crippen molar-refractivity contribution in [1.82, 2.24) is 10.2 Å². The Morgan fingerprint density at radius 2 is 1.84 bits per heavy atom. The molecular weight excluding hydrogens is 410 g/mol. The van der Waals surface area contributed by atoms with Gasteiger partial charge in [0, 0.05) is 18.4 Å². The van der Waals surface area contributed by atoms with E-state index in [2.05, 4.69) is 10.6 Å². The standard InChI is InChI=1S/C24H27N3O5/c1-14(2)32-23(29)20-15(3)27(4)24(30)26-21(20)16-9-8-10-17(13-16)25-22(28)18-11-6-7-12-19(18)31-5/h6-14,21H,1-5H3,(H,25,28)(H,26,30). The van der Waals surface area contributed by atoms with E-state index in [0.29, 0.717) is 33.8 Å². The van der Waals surface area contributed by atoms with Crippen molar-refractivity contribution in [1.29, 1.82) is 0 Å². The van der Waals surface area contributed by atoms with Crippen LogP contribution in [0, 0.1) is 0 Å². The Bertz CT molecular complexity index is 1080. The first kappa shape index (κ1) is 22.9. The van der Waals surface area contributed by atoms with Crippen LogP contribution in [-0.4, -0.2) is 43.1 Å². The lowest BCUT2D eigenvalue weighted by molar-refractivity contribution is -0.143. The number of nitrogens with zero attached hydrogens (tertiary/aromatic N) is 1. The summed E-state index contributed by atoms with van der Waals surface area (Å²) in [5.41, 5.74) is 2.40. The van der Waals surface area contributed by atoms with Crippen LogP contribution in [-0.2, 0) is 9.53 Å². The number of benzene rings is 2. The number of nitrogens with one attached hydrogen (secondary N) is 2. The number of rotatable bonds is 6. The van der Waals surface area contributed by atoms with E-state index in [1.165, 1.54) is 12.0 Å². The predicted octanol–water partition coefficient (Wildman–Crippen LogP) is 3.87. The van der Waals surface area contributed by atoms with Crippen LogP contribution in [0.25, 0.3) is 0 Å². The monoisotopic (exact) mass is 437 g/mol. The number of hydrogen-bond acceptors (Lipinski definition) is 5. The van der Waals surface area contributed by atoms with Gasteiger partial charge >= 0.3 is 12.0 Å². The largest absolute Gasteiger partial charge is 0.496 e. The summed E-state index contributed by atoms with van der Waals surface area (Å²) in [6, 6.07) is 12.8. The first-order valence-electron chi connectivity index (χ1n) is 10.2. The van der Waals surface area contributed by atoms with E-state index >= 15 is 0 Å². The van der Waals surface area contributed by atoms with E-state index in [9.17, 15) is 14.4 Å². The third kappa shape index (κ3) is 4.74. The van der Waals surface area contributed by atoms with Crippen molar-refractivity contribution in [3.8, 4) is 5.75 Å². The summed E-state index contributed by atoms with van der Waals surface area (Å²) in [4.78, 5) is 39.4. The molecule has 8 nitrogen and oxygen atoms in total.